The number of benzene rings is 1. The van der Waals surface area contributed by atoms with Gasteiger partial charge in [0.05, 0.1) is 0 Å². The minimum absolute atomic E-state index is 0.00498. The average molecular weight is 233 g/mol. The third-order valence-electron chi connectivity index (χ3n) is 3.92. The maximum absolute atomic E-state index is 12.2. The highest BCUT2D eigenvalue weighted by Gasteiger charge is 2.36. The molecule has 0 saturated heterocycles. The van der Waals surface area contributed by atoms with Gasteiger partial charge >= 0.3 is 0 Å². The number of hydrogen-bond acceptors (Lipinski definition) is 2. The molecule has 1 amide bonds. The Balaban J connectivity index is 2.17. The predicted octanol–water partition coefficient (Wildman–Crippen LogP) is 2.76. The predicted molar refractivity (Wildman–Crippen MR) is 67.2 cm³/mol. The quantitative estimate of drug-likeness (QED) is 0.843. The molecule has 0 aromatic heterocycles. The Morgan fingerprint density at radius 1 is 1.47 bits per heavy atom. The SMILES string of the molecule is CCC1(NC(=O)c2cccc(O)c2C)CCC1. The molecule has 1 aliphatic rings. The minimum Gasteiger partial charge on any atom is -0.508 e. The third kappa shape index (κ3) is 2.14. The number of phenolic OH excluding ortho intramolecular Hbond substituents is 1. The molecule has 0 heterocycles. The summed E-state index contributed by atoms with van der Waals surface area (Å²) in [7, 11) is 0. The van der Waals surface area contributed by atoms with Crippen LogP contribution in [0.2, 0.25) is 0 Å². The lowest BCUT2D eigenvalue weighted by Gasteiger charge is -2.42. The van der Waals surface area contributed by atoms with Gasteiger partial charge in [0, 0.05) is 16.7 Å². The molecule has 0 bridgehead atoms. The van der Waals surface area contributed by atoms with E-state index in [0.717, 1.165) is 19.3 Å². The van der Waals surface area contributed by atoms with Gasteiger partial charge in [-0.3, -0.25) is 4.79 Å². The summed E-state index contributed by atoms with van der Waals surface area (Å²) in [5, 5.41) is 12.7. The molecule has 3 nitrogen and oxygen atoms in total. The molecular formula is C14H19NO2. The van der Waals surface area contributed by atoms with Crippen LogP contribution >= 0.6 is 0 Å². The number of carbonyl (C=O) groups is 1. The van der Waals surface area contributed by atoms with E-state index >= 15 is 0 Å². The van der Waals surface area contributed by atoms with Gasteiger partial charge in [0.1, 0.15) is 5.75 Å². The Kier molecular flexibility index (Phi) is 3.09. The van der Waals surface area contributed by atoms with Crippen LogP contribution in [0.15, 0.2) is 18.2 Å². The lowest BCUT2D eigenvalue weighted by molar-refractivity contribution is 0.0819. The summed E-state index contributed by atoms with van der Waals surface area (Å²) in [6.07, 6.45) is 4.28. The molecule has 17 heavy (non-hydrogen) atoms. The van der Waals surface area contributed by atoms with Crippen LogP contribution in [0.4, 0.5) is 0 Å². The summed E-state index contributed by atoms with van der Waals surface area (Å²) in [4.78, 5) is 12.2. The first-order valence-electron chi connectivity index (χ1n) is 6.19. The zero-order valence-corrected chi connectivity index (χ0v) is 10.4. The molecule has 0 aliphatic heterocycles. The number of phenols is 1. The molecule has 0 unspecified atom stereocenters. The maximum atomic E-state index is 12.2. The van der Waals surface area contributed by atoms with Crippen LogP contribution in [0.1, 0.15) is 48.5 Å². The summed E-state index contributed by atoms with van der Waals surface area (Å²) in [5.41, 5.74) is 1.22. The largest absolute Gasteiger partial charge is 0.508 e. The van der Waals surface area contributed by atoms with Crippen molar-refractivity contribution < 1.29 is 9.90 Å². The van der Waals surface area contributed by atoms with Gasteiger partial charge in [0.15, 0.2) is 0 Å². The fraction of sp³-hybridized carbons (Fsp3) is 0.500. The van der Waals surface area contributed by atoms with Gasteiger partial charge in [0.2, 0.25) is 0 Å². The van der Waals surface area contributed by atoms with Gasteiger partial charge in [-0.15, -0.1) is 0 Å². The van der Waals surface area contributed by atoms with Crippen molar-refractivity contribution in [1.29, 1.82) is 0 Å². The van der Waals surface area contributed by atoms with Crippen LogP contribution in [0.25, 0.3) is 0 Å². The van der Waals surface area contributed by atoms with Crippen LogP contribution in [0.5, 0.6) is 5.75 Å². The molecule has 1 aliphatic carbocycles. The minimum atomic E-state index is -0.0695. The van der Waals surface area contributed by atoms with Crippen molar-refractivity contribution in [1.82, 2.24) is 5.32 Å². The van der Waals surface area contributed by atoms with Crippen LogP contribution < -0.4 is 5.32 Å². The molecule has 3 heteroatoms. The first kappa shape index (κ1) is 12.0. The van der Waals surface area contributed by atoms with E-state index in [0.29, 0.717) is 11.1 Å². The zero-order chi connectivity index (χ0) is 12.5. The summed E-state index contributed by atoms with van der Waals surface area (Å²) in [6, 6.07) is 5.06. The molecule has 0 spiro atoms. The molecule has 2 rings (SSSR count). The van der Waals surface area contributed by atoms with E-state index in [-0.39, 0.29) is 17.2 Å². The lowest BCUT2D eigenvalue weighted by Crippen LogP contribution is -2.53. The molecule has 1 fully saturated rings. The molecule has 92 valence electrons. The van der Waals surface area contributed by atoms with Crippen molar-refractivity contribution in [2.24, 2.45) is 0 Å². The van der Waals surface area contributed by atoms with Gasteiger partial charge in [0.25, 0.3) is 5.91 Å². The third-order valence-corrected chi connectivity index (χ3v) is 3.92. The second-order valence-corrected chi connectivity index (χ2v) is 4.89. The van der Waals surface area contributed by atoms with E-state index in [1.54, 1.807) is 25.1 Å². The van der Waals surface area contributed by atoms with Gasteiger partial charge in [-0.1, -0.05) is 13.0 Å². The summed E-state index contributed by atoms with van der Waals surface area (Å²) in [5.74, 6) is 0.108. The van der Waals surface area contributed by atoms with E-state index < -0.39 is 0 Å². The van der Waals surface area contributed by atoms with E-state index in [1.165, 1.54) is 6.42 Å². The normalized spacial score (nSPS) is 17.3. The van der Waals surface area contributed by atoms with E-state index in [2.05, 4.69) is 12.2 Å². The number of hydrogen-bond donors (Lipinski definition) is 2. The van der Waals surface area contributed by atoms with Gasteiger partial charge in [-0.05, 0) is 44.7 Å². The maximum Gasteiger partial charge on any atom is 0.252 e. The molecular weight excluding hydrogens is 214 g/mol. The Hall–Kier alpha value is -1.51. The second-order valence-electron chi connectivity index (χ2n) is 4.89. The molecule has 0 atom stereocenters. The van der Waals surface area contributed by atoms with Crippen LogP contribution in [0.3, 0.4) is 0 Å². The zero-order valence-electron chi connectivity index (χ0n) is 10.4. The van der Waals surface area contributed by atoms with E-state index in [9.17, 15) is 9.90 Å². The van der Waals surface area contributed by atoms with Gasteiger partial charge in [-0.2, -0.15) is 0 Å². The van der Waals surface area contributed by atoms with Crippen molar-refractivity contribution in [3.63, 3.8) is 0 Å². The van der Waals surface area contributed by atoms with Gasteiger partial charge < -0.3 is 10.4 Å². The highest BCUT2D eigenvalue weighted by molar-refractivity contribution is 5.96. The van der Waals surface area contributed by atoms with Crippen molar-refractivity contribution in [3.05, 3.63) is 29.3 Å². The van der Waals surface area contributed by atoms with Crippen molar-refractivity contribution in [3.8, 4) is 5.75 Å². The first-order valence-corrected chi connectivity index (χ1v) is 6.19. The number of aromatic hydroxyl groups is 1. The summed E-state index contributed by atoms with van der Waals surface area (Å²) >= 11 is 0. The Bertz CT molecular complexity index is 430. The molecule has 0 radical (unpaired) electrons. The fourth-order valence-electron chi connectivity index (χ4n) is 2.35. The number of amides is 1. The molecule has 1 saturated carbocycles. The Morgan fingerprint density at radius 2 is 2.18 bits per heavy atom. The van der Waals surface area contributed by atoms with E-state index in [4.69, 9.17) is 0 Å². The smallest absolute Gasteiger partial charge is 0.252 e. The van der Waals surface area contributed by atoms with Crippen LogP contribution in [-0.2, 0) is 0 Å². The van der Waals surface area contributed by atoms with Crippen molar-refractivity contribution in [2.45, 2.75) is 45.1 Å². The summed E-state index contributed by atoms with van der Waals surface area (Å²) < 4.78 is 0. The topological polar surface area (TPSA) is 49.3 Å². The standard InChI is InChI=1S/C14H19NO2/c1-3-14(8-5-9-14)15-13(17)11-6-4-7-12(16)10(11)2/h4,6-7,16H,3,5,8-9H2,1-2H3,(H,15,17). The molecule has 1 aromatic rings. The monoisotopic (exact) mass is 233 g/mol. The van der Waals surface area contributed by atoms with Crippen molar-refractivity contribution >= 4 is 5.91 Å². The molecule has 1 aromatic carbocycles. The van der Waals surface area contributed by atoms with Crippen LogP contribution in [0, 0.1) is 6.92 Å². The number of carbonyl (C=O) groups excluding carboxylic acids is 1. The second kappa shape index (κ2) is 4.40. The lowest BCUT2D eigenvalue weighted by atomic mass is 9.74. The van der Waals surface area contributed by atoms with Crippen molar-refractivity contribution in [2.75, 3.05) is 0 Å². The van der Waals surface area contributed by atoms with Gasteiger partial charge in [-0.25, -0.2) is 0 Å². The number of rotatable bonds is 3. The Labute approximate surface area is 102 Å². The molecule has 2 N–H and O–H groups in total. The first-order chi connectivity index (χ1) is 8.08. The fourth-order valence-corrected chi connectivity index (χ4v) is 2.35. The van der Waals surface area contributed by atoms with Crippen LogP contribution in [-0.4, -0.2) is 16.6 Å². The van der Waals surface area contributed by atoms with E-state index in [1.807, 2.05) is 0 Å². The highest BCUT2D eigenvalue weighted by atomic mass is 16.3. The number of nitrogens with one attached hydrogen (secondary N) is 1. The summed E-state index contributed by atoms with van der Waals surface area (Å²) in [6.45, 7) is 3.87. The Morgan fingerprint density at radius 3 is 2.71 bits per heavy atom. The average Bonchev–Trinajstić information content (AvgIpc) is 2.27. The highest BCUT2D eigenvalue weighted by Crippen LogP contribution is 2.35.